The van der Waals surface area contributed by atoms with Gasteiger partial charge in [-0.1, -0.05) is 66.1 Å². The number of para-hydroxylation sites is 2. The van der Waals surface area contributed by atoms with Crippen molar-refractivity contribution in [2.75, 3.05) is 0 Å². The van der Waals surface area contributed by atoms with Gasteiger partial charge in [-0.2, -0.15) is 0 Å². The average molecular weight is 1010 g/mol. The molecule has 0 saturated carbocycles. The molecule has 10 rings (SSSR count). The van der Waals surface area contributed by atoms with Crippen LogP contribution in [0.2, 0.25) is 0 Å². The molecule has 12 nitrogen and oxygen atoms in total. The molecule has 0 aliphatic rings. The van der Waals surface area contributed by atoms with Crippen molar-refractivity contribution in [3.63, 3.8) is 0 Å². The third-order valence-electron chi connectivity index (χ3n) is 8.24. The van der Waals surface area contributed by atoms with E-state index < -0.39 is 0 Å². The molecule has 0 aliphatic heterocycles. The molecule has 49 heavy (non-hydrogen) atoms. The maximum absolute atomic E-state index is 5.82. The summed E-state index contributed by atoms with van der Waals surface area (Å²) in [4.78, 5) is 22.4. The zero-order chi connectivity index (χ0) is 31.6. The third-order valence-corrected chi connectivity index (χ3v) is 8.24. The Morgan fingerprint density at radius 3 is 1.94 bits per heavy atom. The molecule has 14 heteroatoms. The number of furan rings is 2. The standard InChI is InChI=1S/C18H13N5O.C17H11N5O.2Pt/c1-21-8-9-23(11-21)14-10-24-17-12-4-3-5-13(15(12)20-16(14)17)18-19-6-7-22(18)2;1-21-7-6-19-17(21)12-4-2-3-11-14(12)20-15-13(9-23-16(11)15)22-8-5-18-10-22;;/h3-5,7-10H,1-2H3;2-9H,1H3;;/q2*-2;;+2. The molecule has 0 atom stereocenters. The molecule has 0 amide bonds. The number of nitrogens with zero attached hydrogens (tertiary/aromatic N) is 10. The Morgan fingerprint density at radius 2 is 1.41 bits per heavy atom. The summed E-state index contributed by atoms with van der Waals surface area (Å²) in [6.07, 6.45) is 25.2. The van der Waals surface area contributed by atoms with Crippen LogP contribution in [0.1, 0.15) is 0 Å². The summed E-state index contributed by atoms with van der Waals surface area (Å²) in [5.41, 5.74) is 8.61. The molecule has 0 aliphatic carbocycles. The topological polar surface area (TPSA) is 117 Å². The molecule has 2 aromatic carbocycles. The molecule has 0 radical (unpaired) electrons. The fourth-order valence-corrected chi connectivity index (χ4v) is 6.00. The molecule has 8 aromatic heterocycles. The van der Waals surface area contributed by atoms with Crippen molar-refractivity contribution < 1.29 is 55.5 Å². The first-order valence-electron chi connectivity index (χ1n) is 14.7. The summed E-state index contributed by atoms with van der Waals surface area (Å²) in [6, 6.07) is 12.1. The predicted molar refractivity (Wildman–Crippen MR) is 173 cm³/mol. The number of rotatable bonds is 4. The summed E-state index contributed by atoms with van der Waals surface area (Å²) < 4.78 is 21.0. The van der Waals surface area contributed by atoms with Crippen molar-refractivity contribution in [1.29, 1.82) is 0 Å². The van der Waals surface area contributed by atoms with Gasteiger partial charge in [-0.25, -0.2) is 4.98 Å². The molecule has 0 spiro atoms. The molecular weight excluding hydrogens is 983 g/mol. The Bertz CT molecular complexity index is 2700. The van der Waals surface area contributed by atoms with E-state index in [1.165, 1.54) is 0 Å². The van der Waals surface area contributed by atoms with Gasteiger partial charge in [-0.05, 0) is 23.9 Å². The summed E-state index contributed by atoms with van der Waals surface area (Å²) in [5.74, 6) is 1.72. The summed E-state index contributed by atoms with van der Waals surface area (Å²) in [6.45, 7) is 0. The third kappa shape index (κ3) is 5.23. The van der Waals surface area contributed by atoms with E-state index in [4.69, 9.17) is 18.8 Å². The molecule has 0 bridgehead atoms. The number of aromatic nitrogens is 10. The Labute approximate surface area is 307 Å². The van der Waals surface area contributed by atoms with Gasteiger partial charge in [0, 0.05) is 70.2 Å². The second-order valence-electron chi connectivity index (χ2n) is 11.2. The zero-order valence-electron chi connectivity index (χ0n) is 26.1. The van der Waals surface area contributed by atoms with Crippen LogP contribution in [0.5, 0.6) is 0 Å². The van der Waals surface area contributed by atoms with Gasteiger partial charge in [0.05, 0.1) is 25.3 Å². The Morgan fingerprint density at radius 1 is 0.755 bits per heavy atom. The van der Waals surface area contributed by atoms with Crippen LogP contribution in [0.4, 0.5) is 0 Å². The van der Waals surface area contributed by atoms with Crippen molar-refractivity contribution in [3.8, 4) is 34.2 Å². The maximum atomic E-state index is 5.82. The number of hydrogen-bond donors (Lipinski definition) is 0. The molecule has 10 aromatic rings. The van der Waals surface area contributed by atoms with E-state index in [2.05, 4.69) is 33.8 Å². The van der Waals surface area contributed by atoms with Gasteiger partial charge < -0.3 is 51.6 Å². The Hall–Kier alpha value is -5.18. The minimum absolute atomic E-state index is 0. The van der Waals surface area contributed by atoms with Crippen LogP contribution in [-0.2, 0) is 63.3 Å². The van der Waals surface area contributed by atoms with Crippen molar-refractivity contribution in [2.45, 2.75) is 0 Å². The van der Waals surface area contributed by atoms with Crippen LogP contribution in [0.3, 0.4) is 0 Å². The van der Waals surface area contributed by atoms with Crippen molar-refractivity contribution in [3.05, 3.63) is 111 Å². The summed E-state index contributed by atoms with van der Waals surface area (Å²) in [7, 11) is 5.85. The normalized spacial score (nSPS) is 11.2. The van der Waals surface area contributed by atoms with Gasteiger partial charge in [0.1, 0.15) is 17.0 Å². The summed E-state index contributed by atoms with van der Waals surface area (Å²) >= 11 is 0. The molecule has 0 N–H and O–H groups in total. The van der Waals surface area contributed by atoms with Gasteiger partial charge >= 0.3 is 21.1 Å². The molecular formula is C35H24N10O2Pt2-2. The van der Waals surface area contributed by atoms with Gasteiger partial charge in [0.2, 0.25) is 6.33 Å². The van der Waals surface area contributed by atoms with Crippen LogP contribution in [0, 0.1) is 18.9 Å². The number of aryl methyl sites for hydroxylation is 3. The Balaban J connectivity index is 0.000000148. The quantitative estimate of drug-likeness (QED) is 0.179. The first-order chi connectivity index (χ1) is 23.0. The number of fused-ring (bicyclic) bond motifs is 6. The zero-order valence-corrected chi connectivity index (χ0v) is 30.6. The molecule has 8 heterocycles. The maximum Gasteiger partial charge on any atom is 2.00 e. The largest absolute Gasteiger partial charge is 2.00 e. The second kappa shape index (κ2) is 12.7. The smallest absolute Gasteiger partial charge is 0.660 e. The van der Waals surface area contributed by atoms with E-state index in [9.17, 15) is 0 Å². The predicted octanol–water partition coefficient (Wildman–Crippen LogP) is 5.08. The minimum Gasteiger partial charge on any atom is -0.660 e. The van der Waals surface area contributed by atoms with E-state index in [1.807, 2.05) is 101 Å². The molecule has 0 fully saturated rings. The van der Waals surface area contributed by atoms with Gasteiger partial charge in [-0.3, -0.25) is 0 Å². The SMILES string of the molecule is Cn1c[c-]nc1-c1cccc2c1[n-]c1c(-n3[c-][n+](C)cc3)coc12.Cn1ccnc1-c1cccc2c1[n-]c1c(-n3[c-]ncc3)coc12.[Pt+2].[Pt]. The number of hydrogen-bond acceptors (Lipinski definition) is 5. The minimum atomic E-state index is 0. The fraction of sp³-hybridized carbons (Fsp3) is 0.0857. The monoisotopic (exact) mass is 1010 g/mol. The van der Waals surface area contributed by atoms with E-state index in [-0.39, 0.29) is 42.1 Å². The molecule has 0 unspecified atom stereocenters. The van der Waals surface area contributed by atoms with Crippen LogP contribution in [0.25, 0.3) is 78.2 Å². The number of imidazole rings is 4. The fourth-order valence-electron chi connectivity index (χ4n) is 6.00. The van der Waals surface area contributed by atoms with Crippen molar-refractivity contribution >= 4 is 44.0 Å². The first kappa shape index (κ1) is 32.4. The van der Waals surface area contributed by atoms with Gasteiger partial charge in [-0.15, -0.1) is 22.7 Å². The van der Waals surface area contributed by atoms with Gasteiger partial charge in [0.25, 0.3) is 0 Å². The van der Waals surface area contributed by atoms with Gasteiger partial charge in [0.15, 0.2) is 0 Å². The van der Waals surface area contributed by atoms with Crippen LogP contribution in [-0.4, -0.2) is 33.2 Å². The van der Waals surface area contributed by atoms with E-state index in [0.29, 0.717) is 0 Å². The van der Waals surface area contributed by atoms with Crippen LogP contribution >= 0.6 is 0 Å². The first-order valence-corrected chi connectivity index (χ1v) is 14.7. The van der Waals surface area contributed by atoms with Crippen molar-refractivity contribution in [1.82, 2.24) is 43.2 Å². The second-order valence-corrected chi connectivity index (χ2v) is 11.2. The average Bonchev–Trinajstić information content (AvgIpc) is 3.91. The molecule has 248 valence electrons. The van der Waals surface area contributed by atoms with Crippen LogP contribution in [0.15, 0.2) is 101 Å². The van der Waals surface area contributed by atoms with E-state index >= 15 is 0 Å². The summed E-state index contributed by atoms with van der Waals surface area (Å²) in [5, 5.41) is 1.96. The van der Waals surface area contributed by atoms with Crippen molar-refractivity contribution in [2.24, 2.45) is 21.1 Å². The van der Waals surface area contributed by atoms with E-state index in [0.717, 1.165) is 78.2 Å². The number of benzene rings is 2. The molecule has 0 saturated heterocycles. The van der Waals surface area contributed by atoms with Crippen LogP contribution < -0.4 is 14.5 Å². The Kier molecular flexibility index (Phi) is 8.38. The van der Waals surface area contributed by atoms with E-state index in [1.54, 1.807) is 35.7 Å².